The van der Waals surface area contributed by atoms with Crippen LogP contribution in [0, 0.1) is 0 Å². The molecular weight excluding hydrogens is 316 g/mol. The van der Waals surface area contributed by atoms with Crippen LogP contribution in [0.5, 0.6) is 0 Å². The number of alkyl halides is 1. The van der Waals surface area contributed by atoms with Gasteiger partial charge in [0.2, 0.25) is 5.91 Å². The van der Waals surface area contributed by atoms with Gasteiger partial charge in [0, 0.05) is 39.4 Å². The van der Waals surface area contributed by atoms with Crippen LogP contribution in [0.25, 0.3) is 0 Å². The van der Waals surface area contributed by atoms with Gasteiger partial charge in [0.1, 0.15) is 5.88 Å². The number of nitrogens with zero attached hydrogens (tertiary/aromatic N) is 2. The molecule has 0 aliphatic heterocycles. The van der Waals surface area contributed by atoms with Crippen molar-refractivity contribution in [2.75, 3.05) is 27.1 Å². The Morgan fingerprint density at radius 3 is 2.30 bits per heavy atom. The van der Waals surface area contributed by atoms with Gasteiger partial charge in [0.25, 0.3) is 5.91 Å². The van der Waals surface area contributed by atoms with E-state index in [4.69, 9.17) is 16.3 Å². The van der Waals surface area contributed by atoms with E-state index >= 15 is 0 Å². The molecule has 0 saturated heterocycles. The van der Waals surface area contributed by atoms with Crippen molar-refractivity contribution in [3.63, 3.8) is 0 Å². The molecular formula is C17H23ClN2O3. The lowest BCUT2D eigenvalue weighted by Gasteiger charge is -2.42. The molecule has 0 aromatic heterocycles. The third-order valence-corrected chi connectivity index (χ3v) is 4.47. The highest BCUT2D eigenvalue weighted by atomic mass is 35.5. The zero-order valence-electron chi connectivity index (χ0n) is 13.8. The van der Waals surface area contributed by atoms with Crippen LogP contribution < -0.4 is 0 Å². The second-order valence-corrected chi connectivity index (χ2v) is 6.30. The lowest BCUT2D eigenvalue weighted by Crippen LogP contribution is -2.50. The maximum absolute atomic E-state index is 12.1. The predicted molar refractivity (Wildman–Crippen MR) is 89.5 cm³/mol. The topological polar surface area (TPSA) is 49.9 Å². The highest BCUT2D eigenvalue weighted by Gasteiger charge is 2.35. The number of hydrogen-bond acceptors (Lipinski definition) is 3. The van der Waals surface area contributed by atoms with Crippen molar-refractivity contribution in [1.29, 1.82) is 0 Å². The first-order chi connectivity index (χ1) is 11.0. The molecule has 2 amide bonds. The molecule has 5 nitrogen and oxygen atoms in total. The molecule has 1 saturated carbocycles. The first kappa shape index (κ1) is 17.8. The fraction of sp³-hybridized carbons (Fsp3) is 0.529. The van der Waals surface area contributed by atoms with E-state index in [0.29, 0.717) is 12.1 Å². The summed E-state index contributed by atoms with van der Waals surface area (Å²) in [5, 5.41) is 0. The highest BCUT2D eigenvalue weighted by Crippen LogP contribution is 2.29. The average Bonchev–Trinajstić information content (AvgIpc) is 2.52. The molecule has 0 bridgehead atoms. The van der Waals surface area contributed by atoms with Gasteiger partial charge >= 0.3 is 0 Å². The molecule has 0 atom stereocenters. The van der Waals surface area contributed by atoms with E-state index in [0.717, 1.165) is 18.4 Å². The van der Waals surface area contributed by atoms with Crippen LogP contribution in [0.2, 0.25) is 0 Å². The minimum absolute atomic E-state index is 0.0225. The van der Waals surface area contributed by atoms with E-state index in [-0.39, 0.29) is 29.8 Å². The summed E-state index contributed by atoms with van der Waals surface area (Å²) >= 11 is 5.74. The van der Waals surface area contributed by atoms with Gasteiger partial charge in [-0.15, -0.1) is 11.6 Å². The minimum atomic E-state index is -0.0698. The van der Waals surface area contributed by atoms with Gasteiger partial charge in [-0.25, -0.2) is 0 Å². The Morgan fingerprint density at radius 2 is 1.83 bits per heavy atom. The van der Waals surface area contributed by atoms with Crippen LogP contribution in [0.1, 0.15) is 28.8 Å². The van der Waals surface area contributed by atoms with E-state index in [9.17, 15) is 9.59 Å². The standard InChI is InChI=1S/C17H23ClN2O3/c1-19(2)17(22)13-6-4-12(5-7-13)11-20(16(21)10-18)14-8-15(9-14)23-3/h4-7,14-15H,8-11H2,1-3H3. The molecule has 0 unspecified atom stereocenters. The summed E-state index contributed by atoms with van der Waals surface area (Å²) in [5.41, 5.74) is 1.62. The Labute approximate surface area is 142 Å². The summed E-state index contributed by atoms with van der Waals surface area (Å²) in [5.74, 6) is -0.127. The Hall–Kier alpha value is -1.59. The molecule has 2 rings (SSSR count). The molecule has 1 aliphatic rings. The first-order valence-electron chi connectivity index (χ1n) is 7.65. The maximum Gasteiger partial charge on any atom is 0.253 e. The molecule has 1 aromatic rings. The van der Waals surface area contributed by atoms with Crippen molar-refractivity contribution < 1.29 is 14.3 Å². The van der Waals surface area contributed by atoms with E-state index in [1.807, 2.05) is 17.0 Å². The fourth-order valence-electron chi connectivity index (χ4n) is 2.69. The lowest BCUT2D eigenvalue weighted by molar-refractivity contribution is -0.137. The van der Waals surface area contributed by atoms with Crippen LogP contribution in [-0.4, -0.2) is 60.8 Å². The van der Waals surface area contributed by atoms with E-state index in [2.05, 4.69) is 0 Å². The van der Waals surface area contributed by atoms with Gasteiger partial charge in [-0.2, -0.15) is 0 Å². The monoisotopic (exact) mass is 338 g/mol. The zero-order valence-corrected chi connectivity index (χ0v) is 14.5. The van der Waals surface area contributed by atoms with Crippen molar-refractivity contribution in [1.82, 2.24) is 9.80 Å². The van der Waals surface area contributed by atoms with E-state index in [1.165, 1.54) is 4.90 Å². The fourth-order valence-corrected chi connectivity index (χ4v) is 2.84. The van der Waals surface area contributed by atoms with Gasteiger partial charge in [0.05, 0.1) is 6.10 Å². The smallest absolute Gasteiger partial charge is 0.253 e. The number of ether oxygens (including phenoxy) is 1. The van der Waals surface area contributed by atoms with Gasteiger partial charge in [-0.3, -0.25) is 9.59 Å². The number of rotatable bonds is 6. The van der Waals surface area contributed by atoms with Crippen LogP contribution in [-0.2, 0) is 16.1 Å². The predicted octanol–water partition coefficient (Wildman–Crippen LogP) is 2.13. The highest BCUT2D eigenvalue weighted by molar-refractivity contribution is 6.27. The Bertz CT molecular complexity index is 553. The summed E-state index contributed by atoms with van der Waals surface area (Å²) in [7, 11) is 5.13. The number of methoxy groups -OCH3 is 1. The minimum Gasteiger partial charge on any atom is -0.381 e. The van der Waals surface area contributed by atoms with Gasteiger partial charge in [0.15, 0.2) is 0 Å². The molecule has 1 fully saturated rings. The molecule has 6 heteroatoms. The molecule has 23 heavy (non-hydrogen) atoms. The number of amides is 2. The van der Waals surface area contributed by atoms with Crippen molar-refractivity contribution in [2.24, 2.45) is 0 Å². The summed E-state index contributed by atoms with van der Waals surface area (Å²) in [6.45, 7) is 0.503. The third-order valence-electron chi connectivity index (χ3n) is 4.24. The molecule has 0 heterocycles. The molecule has 126 valence electrons. The summed E-state index contributed by atoms with van der Waals surface area (Å²) in [6, 6.07) is 7.53. The number of carbonyl (C=O) groups is 2. The normalized spacial score (nSPS) is 19.8. The van der Waals surface area contributed by atoms with Crippen LogP contribution in [0.4, 0.5) is 0 Å². The molecule has 1 aliphatic carbocycles. The quantitative estimate of drug-likeness (QED) is 0.747. The second-order valence-electron chi connectivity index (χ2n) is 6.03. The molecule has 0 radical (unpaired) electrons. The number of benzene rings is 1. The van der Waals surface area contributed by atoms with Crippen molar-refractivity contribution in [3.05, 3.63) is 35.4 Å². The van der Waals surface area contributed by atoms with Gasteiger partial charge < -0.3 is 14.5 Å². The van der Waals surface area contributed by atoms with Crippen molar-refractivity contribution in [2.45, 2.75) is 31.5 Å². The second kappa shape index (κ2) is 7.79. The van der Waals surface area contributed by atoms with E-state index < -0.39 is 0 Å². The Balaban J connectivity index is 2.05. The third kappa shape index (κ3) is 4.24. The van der Waals surface area contributed by atoms with Crippen molar-refractivity contribution in [3.8, 4) is 0 Å². The first-order valence-corrected chi connectivity index (χ1v) is 8.18. The molecule has 0 spiro atoms. The van der Waals surface area contributed by atoms with Crippen LogP contribution in [0.3, 0.4) is 0 Å². The van der Waals surface area contributed by atoms with Gasteiger partial charge in [-0.05, 0) is 30.5 Å². The summed E-state index contributed by atoms with van der Waals surface area (Å²) in [6.07, 6.45) is 1.91. The Morgan fingerprint density at radius 1 is 1.22 bits per heavy atom. The average molecular weight is 339 g/mol. The van der Waals surface area contributed by atoms with Crippen molar-refractivity contribution >= 4 is 23.4 Å². The maximum atomic E-state index is 12.1. The van der Waals surface area contributed by atoms with Crippen LogP contribution >= 0.6 is 11.6 Å². The SMILES string of the molecule is COC1CC(N(Cc2ccc(C(=O)N(C)C)cc2)C(=O)CCl)C1. The van der Waals surface area contributed by atoms with E-state index in [1.54, 1.807) is 33.3 Å². The summed E-state index contributed by atoms with van der Waals surface area (Å²) in [4.78, 5) is 27.3. The number of hydrogen-bond donors (Lipinski definition) is 0. The Kier molecular flexibility index (Phi) is 6.02. The van der Waals surface area contributed by atoms with Gasteiger partial charge in [-0.1, -0.05) is 12.1 Å². The number of carbonyl (C=O) groups excluding carboxylic acids is 2. The molecule has 0 N–H and O–H groups in total. The largest absolute Gasteiger partial charge is 0.381 e. The number of halogens is 1. The lowest BCUT2D eigenvalue weighted by atomic mass is 9.87. The van der Waals surface area contributed by atoms with Crippen LogP contribution in [0.15, 0.2) is 24.3 Å². The zero-order chi connectivity index (χ0) is 17.0. The summed E-state index contributed by atoms with van der Waals surface area (Å²) < 4.78 is 5.28. The molecule has 1 aromatic carbocycles.